The van der Waals surface area contributed by atoms with Gasteiger partial charge in [0.25, 0.3) is 5.91 Å². The van der Waals surface area contributed by atoms with Crippen LogP contribution >= 0.6 is 0 Å². The second-order valence-electron chi connectivity index (χ2n) is 6.87. The van der Waals surface area contributed by atoms with E-state index < -0.39 is 11.9 Å². The largest absolute Gasteiger partial charge is 0.493 e. The van der Waals surface area contributed by atoms with E-state index >= 15 is 0 Å². The Morgan fingerprint density at radius 1 is 1.10 bits per heavy atom. The van der Waals surface area contributed by atoms with E-state index in [1.165, 1.54) is 13.2 Å². The molecule has 0 unspecified atom stereocenters. The van der Waals surface area contributed by atoms with Crippen LogP contribution in [-0.4, -0.2) is 32.1 Å². The number of hydrogen-bond acceptors (Lipinski definition) is 6. The second kappa shape index (κ2) is 11.4. The molecule has 0 aliphatic rings. The van der Waals surface area contributed by atoms with Crippen molar-refractivity contribution in [2.75, 3.05) is 20.3 Å². The number of esters is 1. The monoisotopic (exact) mass is 422 g/mol. The predicted octanol–water partition coefficient (Wildman–Crippen LogP) is 3.73. The number of carbonyl (C=O) groups excluding carboxylic acids is 2. The fraction of sp³-hybridized carbons (Fsp3) is 0.292. The van der Waals surface area contributed by atoms with Crippen molar-refractivity contribution in [1.82, 2.24) is 5.32 Å². The number of nitrogens with zero attached hydrogens (tertiary/aromatic N) is 1. The number of hydrogen-bond donors (Lipinski definition) is 1. The molecule has 0 fully saturated rings. The predicted molar refractivity (Wildman–Crippen MR) is 117 cm³/mol. The molecule has 2 aromatic rings. The summed E-state index contributed by atoms with van der Waals surface area (Å²) >= 11 is 0. The molecule has 0 aliphatic heterocycles. The number of carbonyl (C=O) groups is 2. The van der Waals surface area contributed by atoms with Crippen molar-refractivity contribution in [3.63, 3.8) is 0 Å². The van der Waals surface area contributed by atoms with Crippen LogP contribution in [0.3, 0.4) is 0 Å². The normalized spacial score (nSPS) is 10.7. The van der Waals surface area contributed by atoms with Crippen molar-refractivity contribution < 1.29 is 23.8 Å². The number of nitriles is 1. The van der Waals surface area contributed by atoms with Gasteiger partial charge in [0.2, 0.25) is 0 Å². The van der Waals surface area contributed by atoms with E-state index in [-0.39, 0.29) is 17.9 Å². The van der Waals surface area contributed by atoms with Crippen molar-refractivity contribution >= 4 is 18.0 Å². The van der Waals surface area contributed by atoms with Crippen molar-refractivity contribution in [3.05, 3.63) is 58.7 Å². The molecule has 0 spiro atoms. The van der Waals surface area contributed by atoms with Gasteiger partial charge in [-0.05, 0) is 55.7 Å². The number of rotatable bonds is 9. The van der Waals surface area contributed by atoms with Gasteiger partial charge >= 0.3 is 5.97 Å². The average molecular weight is 422 g/mol. The molecule has 0 radical (unpaired) electrons. The lowest BCUT2D eigenvalue weighted by Crippen LogP contribution is -2.25. The van der Waals surface area contributed by atoms with Crippen LogP contribution in [0.5, 0.6) is 17.2 Å². The van der Waals surface area contributed by atoms with Crippen molar-refractivity contribution in [1.29, 1.82) is 5.26 Å². The molecule has 7 heteroatoms. The highest BCUT2D eigenvalue weighted by atomic mass is 16.6. The number of ether oxygens (including phenoxy) is 3. The molecule has 2 rings (SSSR count). The Morgan fingerprint density at radius 3 is 2.48 bits per heavy atom. The Hall–Kier alpha value is -3.79. The minimum atomic E-state index is -0.585. The van der Waals surface area contributed by atoms with E-state index in [0.29, 0.717) is 23.6 Å². The van der Waals surface area contributed by atoms with Crippen molar-refractivity contribution in [2.24, 2.45) is 0 Å². The Balaban J connectivity index is 2.08. The fourth-order valence-corrected chi connectivity index (χ4v) is 2.76. The maximum Gasteiger partial charge on any atom is 0.349 e. The molecule has 7 nitrogen and oxygen atoms in total. The van der Waals surface area contributed by atoms with Crippen LogP contribution in [0.1, 0.15) is 30.0 Å². The lowest BCUT2D eigenvalue weighted by molar-refractivity contribution is -0.136. The summed E-state index contributed by atoms with van der Waals surface area (Å²) in [5, 5.41) is 11.9. The summed E-state index contributed by atoms with van der Waals surface area (Å²) in [5.74, 6) is 0.0867. The minimum absolute atomic E-state index is 0.0258. The summed E-state index contributed by atoms with van der Waals surface area (Å²) in [6.07, 6.45) is 2.22. The molecule has 0 saturated carbocycles. The quantitative estimate of drug-likeness (QED) is 0.286. The zero-order valence-corrected chi connectivity index (χ0v) is 18.2. The third-order valence-electron chi connectivity index (χ3n) is 4.30. The molecule has 162 valence electrons. The van der Waals surface area contributed by atoms with Gasteiger partial charge in [0, 0.05) is 6.54 Å². The van der Waals surface area contributed by atoms with E-state index in [9.17, 15) is 14.9 Å². The highest BCUT2D eigenvalue weighted by molar-refractivity contribution is 6.01. The molecule has 1 amide bonds. The summed E-state index contributed by atoms with van der Waals surface area (Å²) in [6, 6.07) is 12.3. The summed E-state index contributed by atoms with van der Waals surface area (Å²) in [5.41, 5.74) is 2.57. The molecule has 0 aliphatic carbocycles. The molecule has 0 bridgehead atoms. The number of benzene rings is 2. The first kappa shape index (κ1) is 23.5. The van der Waals surface area contributed by atoms with Gasteiger partial charge < -0.3 is 19.5 Å². The average Bonchev–Trinajstić information content (AvgIpc) is 2.75. The van der Waals surface area contributed by atoms with Crippen LogP contribution in [0, 0.1) is 25.2 Å². The number of aryl methyl sites for hydroxylation is 2. The topological polar surface area (TPSA) is 97.7 Å². The highest BCUT2D eigenvalue weighted by Gasteiger charge is 2.13. The van der Waals surface area contributed by atoms with Crippen LogP contribution in [-0.2, 0) is 9.59 Å². The van der Waals surface area contributed by atoms with Crippen LogP contribution in [0.15, 0.2) is 42.0 Å². The molecule has 0 aromatic heterocycles. The molecule has 2 aromatic carbocycles. The van der Waals surface area contributed by atoms with Gasteiger partial charge in [-0.3, -0.25) is 4.79 Å². The maximum absolute atomic E-state index is 12.2. The van der Waals surface area contributed by atoms with Gasteiger partial charge in [0.1, 0.15) is 17.4 Å². The second-order valence-corrected chi connectivity index (χ2v) is 6.87. The standard InChI is InChI=1S/C24H26N2O5/c1-5-10-26-24(28)19(14-25)12-18-7-9-21(22(13-18)29-4)31-23(27)15-30-20-8-6-16(2)11-17(20)3/h6-9,11-13H,5,10,15H2,1-4H3,(H,26,28)/b19-12+. The van der Waals surface area contributed by atoms with Crippen LogP contribution in [0.2, 0.25) is 0 Å². The van der Waals surface area contributed by atoms with Crippen LogP contribution in [0.25, 0.3) is 6.08 Å². The number of nitrogens with one attached hydrogen (secondary N) is 1. The van der Waals surface area contributed by atoms with Gasteiger partial charge in [0.15, 0.2) is 18.1 Å². The number of methoxy groups -OCH3 is 1. The molecule has 0 atom stereocenters. The van der Waals surface area contributed by atoms with Gasteiger partial charge in [-0.15, -0.1) is 0 Å². The Kier molecular flexibility index (Phi) is 8.64. The van der Waals surface area contributed by atoms with E-state index in [0.717, 1.165) is 17.5 Å². The lowest BCUT2D eigenvalue weighted by atomic mass is 10.1. The molecular formula is C24H26N2O5. The maximum atomic E-state index is 12.2. The third kappa shape index (κ3) is 6.89. The first-order chi connectivity index (χ1) is 14.9. The first-order valence-corrected chi connectivity index (χ1v) is 9.86. The van der Waals surface area contributed by atoms with E-state index in [1.54, 1.807) is 18.2 Å². The molecule has 0 saturated heterocycles. The van der Waals surface area contributed by atoms with Gasteiger partial charge in [-0.1, -0.05) is 30.7 Å². The van der Waals surface area contributed by atoms with Crippen molar-refractivity contribution in [3.8, 4) is 23.3 Å². The lowest BCUT2D eigenvalue weighted by Gasteiger charge is -2.12. The molecule has 0 heterocycles. The first-order valence-electron chi connectivity index (χ1n) is 9.86. The third-order valence-corrected chi connectivity index (χ3v) is 4.30. The molecule has 1 N–H and O–H groups in total. The number of amides is 1. The zero-order chi connectivity index (χ0) is 22.8. The van der Waals surface area contributed by atoms with E-state index in [4.69, 9.17) is 14.2 Å². The summed E-state index contributed by atoms with van der Waals surface area (Å²) in [7, 11) is 1.44. The summed E-state index contributed by atoms with van der Waals surface area (Å²) in [6.45, 7) is 6.04. The van der Waals surface area contributed by atoms with E-state index in [1.807, 2.05) is 45.0 Å². The summed E-state index contributed by atoms with van der Waals surface area (Å²) < 4.78 is 16.2. The molecule has 31 heavy (non-hydrogen) atoms. The van der Waals surface area contributed by atoms with Gasteiger partial charge in [-0.2, -0.15) is 5.26 Å². The molecular weight excluding hydrogens is 396 g/mol. The zero-order valence-electron chi connectivity index (χ0n) is 18.2. The van der Waals surface area contributed by atoms with Crippen LogP contribution < -0.4 is 19.5 Å². The van der Waals surface area contributed by atoms with Crippen LogP contribution in [0.4, 0.5) is 0 Å². The highest BCUT2D eigenvalue weighted by Crippen LogP contribution is 2.29. The fourth-order valence-electron chi connectivity index (χ4n) is 2.76. The summed E-state index contributed by atoms with van der Waals surface area (Å²) in [4.78, 5) is 24.2. The smallest absolute Gasteiger partial charge is 0.349 e. The van der Waals surface area contributed by atoms with Gasteiger partial charge in [0.05, 0.1) is 7.11 Å². The Bertz CT molecular complexity index is 1020. The SMILES string of the molecule is CCCNC(=O)/C(C#N)=C/c1ccc(OC(=O)COc2ccc(C)cc2C)c(OC)c1. The van der Waals surface area contributed by atoms with E-state index in [2.05, 4.69) is 5.32 Å². The minimum Gasteiger partial charge on any atom is -0.493 e. The Morgan fingerprint density at radius 2 is 1.84 bits per heavy atom. The van der Waals surface area contributed by atoms with Gasteiger partial charge in [-0.25, -0.2) is 4.79 Å². The Labute approximate surface area is 182 Å². The van der Waals surface area contributed by atoms with Crippen molar-refractivity contribution in [2.45, 2.75) is 27.2 Å².